The van der Waals surface area contributed by atoms with Crippen molar-refractivity contribution in [2.45, 2.75) is 31.1 Å². The van der Waals surface area contributed by atoms with Crippen LogP contribution in [0.4, 0.5) is 5.69 Å². The van der Waals surface area contributed by atoms with Gasteiger partial charge in [-0.25, -0.2) is 8.42 Å². The third-order valence-corrected chi connectivity index (χ3v) is 6.48. The Morgan fingerprint density at radius 1 is 1.00 bits per heavy atom. The lowest BCUT2D eigenvalue weighted by Crippen LogP contribution is -2.38. The van der Waals surface area contributed by atoms with Gasteiger partial charge in [-0.3, -0.25) is 9.52 Å². The molecule has 2 N–H and O–H groups in total. The van der Waals surface area contributed by atoms with E-state index in [1.54, 1.807) is 42.5 Å². The molecule has 3 rings (SSSR count). The molecular formula is C22H29N3O3S. The first-order valence-electron chi connectivity index (χ1n) is 10.1. The first-order chi connectivity index (χ1) is 13.9. The van der Waals surface area contributed by atoms with Crippen molar-refractivity contribution in [3.05, 3.63) is 60.2 Å². The predicted molar refractivity (Wildman–Crippen MR) is 115 cm³/mol. The second-order valence-corrected chi connectivity index (χ2v) is 9.35. The number of carbonyl (C=O) groups excluding carboxylic acids is 1. The molecule has 1 saturated heterocycles. The first kappa shape index (κ1) is 21.3. The molecule has 0 radical (unpaired) electrons. The van der Waals surface area contributed by atoms with Gasteiger partial charge in [0.2, 0.25) is 0 Å². The second kappa shape index (κ2) is 9.89. The van der Waals surface area contributed by atoms with E-state index in [2.05, 4.69) is 21.9 Å². The van der Waals surface area contributed by atoms with Crippen molar-refractivity contribution in [1.29, 1.82) is 0 Å². The lowest BCUT2D eigenvalue weighted by Gasteiger charge is -2.29. The molecule has 7 heteroatoms. The SMILES string of the molecule is C[C@H](CNC(=O)c1ccc(NS(=O)(=O)c2ccccc2)cc1)CN1CCCCC1. The number of hydrogen-bond donors (Lipinski definition) is 2. The highest BCUT2D eigenvalue weighted by Crippen LogP contribution is 2.16. The van der Waals surface area contributed by atoms with Gasteiger partial charge in [0.05, 0.1) is 4.90 Å². The molecule has 0 unspecified atom stereocenters. The number of hydrogen-bond acceptors (Lipinski definition) is 4. The van der Waals surface area contributed by atoms with E-state index in [1.807, 2.05) is 0 Å². The summed E-state index contributed by atoms with van der Waals surface area (Å²) in [4.78, 5) is 15.1. The molecule has 0 saturated carbocycles. The number of piperidine rings is 1. The molecule has 156 valence electrons. The van der Waals surface area contributed by atoms with Crippen molar-refractivity contribution >= 4 is 21.6 Å². The van der Waals surface area contributed by atoms with Crippen LogP contribution in [0, 0.1) is 5.92 Å². The summed E-state index contributed by atoms with van der Waals surface area (Å²) >= 11 is 0. The van der Waals surface area contributed by atoms with Crippen LogP contribution >= 0.6 is 0 Å². The Balaban J connectivity index is 1.50. The smallest absolute Gasteiger partial charge is 0.261 e. The highest BCUT2D eigenvalue weighted by molar-refractivity contribution is 7.92. The van der Waals surface area contributed by atoms with Crippen molar-refractivity contribution in [3.63, 3.8) is 0 Å². The topological polar surface area (TPSA) is 78.5 Å². The summed E-state index contributed by atoms with van der Waals surface area (Å²) in [6, 6.07) is 14.7. The van der Waals surface area contributed by atoms with Crippen molar-refractivity contribution in [2.75, 3.05) is 30.9 Å². The molecule has 1 fully saturated rings. The van der Waals surface area contributed by atoms with Gasteiger partial charge in [0, 0.05) is 24.3 Å². The minimum atomic E-state index is -3.64. The van der Waals surface area contributed by atoms with Crippen LogP contribution in [-0.2, 0) is 10.0 Å². The zero-order valence-corrected chi connectivity index (χ0v) is 17.6. The fourth-order valence-corrected chi connectivity index (χ4v) is 4.60. The fraction of sp³-hybridized carbons (Fsp3) is 0.409. The zero-order chi connectivity index (χ0) is 20.7. The van der Waals surface area contributed by atoms with Crippen molar-refractivity contribution < 1.29 is 13.2 Å². The number of likely N-dealkylation sites (tertiary alicyclic amines) is 1. The Hall–Kier alpha value is -2.38. The molecule has 2 aromatic carbocycles. The third-order valence-electron chi connectivity index (χ3n) is 5.08. The van der Waals surface area contributed by atoms with Crippen LogP contribution < -0.4 is 10.0 Å². The maximum absolute atomic E-state index is 12.4. The Kier molecular flexibility index (Phi) is 7.28. The molecule has 6 nitrogen and oxygen atoms in total. The van der Waals surface area contributed by atoms with Gasteiger partial charge in [0.15, 0.2) is 0 Å². The van der Waals surface area contributed by atoms with E-state index in [0.717, 1.165) is 19.6 Å². The summed E-state index contributed by atoms with van der Waals surface area (Å²) in [5, 5.41) is 2.98. The van der Waals surface area contributed by atoms with Gasteiger partial charge >= 0.3 is 0 Å². The Morgan fingerprint density at radius 2 is 1.66 bits per heavy atom. The summed E-state index contributed by atoms with van der Waals surface area (Å²) in [5.74, 6) is 0.238. The van der Waals surface area contributed by atoms with Gasteiger partial charge in [-0.15, -0.1) is 0 Å². The molecule has 1 aliphatic heterocycles. The Bertz CT molecular complexity index is 893. The highest BCUT2D eigenvalue weighted by Gasteiger charge is 2.16. The van der Waals surface area contributed by atoms with Crippen molar-refractivity contribution in [1.82, 2.24) is 10.2 Å². The Morgan fingerprint density at radius 3 is 2.31 bits per heavy atom. The van der Waals surface area contributed by atoms with Crippen LogP contribution in [0.5, 0.6) is 0 Å². The number of carbonyl (C=O) groups is 1. The molecule has 0 spiro atoms. The summed E-state index contributed by atoms with van der Waals surface area (Å²) < 4.78 is 27.3. The molecule has 29 heavy (non-hydrogen) atoms. The van der Waals surface area contributed by atoms with Gasteiger partial charge in [-0.2, -0.15) is 0 Å². The summed E-state index contributed by atoms with van der Waals surface area (Å²) in [6.45, 7) is 6.08. The number of nitrogens with zero attached hydrogens (tertiary/aromatic N) is 1. The number of anilines is 1. The maximum Gasteiger partial charge on any atom is 0.261 e. The predicted octanol–water partition coefficient (Wildman–Crippen LogP) is 3.34. The number of amides is 1. The first-order valence-corrected chi connectivity index (χ1v) is 11.6. The quantitative estimate of drug-likeness (QED) is 0.693. The molecule has 0 aromatic heterocycles. The number of sulfonamides is 1. The van der Waals surface area contributed by atoms with Crippen LogP contribution in [0.3, 0.4) is 0 Å². The third kappa shape index (κ3) is 6.30. The van der Waals surface area contributed by atoms with E-state index in [0.29, 0.717) is 23.7 Å². The largest absolute Gasteiger partial charge is 0.352 e. The number of benzene rings is 2. The fourth-order valence-electron chi connectivity index (χ4n) is 3.52. The minimum absolute atomic E-state index is 0.145. The maximum atomic E-state index is 12.4. The van der Waals surface area contributed by atoms with Crippen molar-refractivity contribution in [2.24, 2.45) is 5.92 Å². The number of nitrogens with one attached hydrogen (secondary N) is 2. The molecular weight excluding hydrogens is 386 g/mol. The Labute approximate surface area is 173 Å². The van der Waals surface area contributed by atoms with Crippen LogP contribution in [0.15, 0.2) is 59.5 Å². The molecule has 1 heterocycles. The van der Waals surface area contributed by atoms with Crippen LogP contribution in [-0.4, -0.2) is 45.4 Å². The average Bonchev–Trinajstić information content (AvgIpc) is 2.74. The second-order valence-electron chi connectivity index (χ2n) is 7.67. The summed E-state index contributed by atoms with van der Waals surface area (Å²) in [5.41, 5.74) is 0.932. The zero-order valence-electron chi connectivity index (χ0n) is 16.8. The average molecular weight is 416 g/mol. The van der Waals surface area contributed by atoms with Gasteiger partial charge in [0.1, 0.15) is 0 Å². The monoisotopic (exact) mass is 415 g/mol. The number of rotatable bonds is 8. The van der Waals surface area contributed by atoms with Crippen molar-refractivity contribution in [3.8, 4) is 0 Å². The normalized spacial score (nSPS) is 16.2. The molecule has 0 bridgehead atoms. The lowest BCUT2D eigenvalue weighted by atomic mass is 10.1. The van der Waals surface area contributed by atoms with E-state index in [9.17, 15) is 13.2 Å². The van der Waals surface area contributed by atoms with Crippen LogP contribution in [0.1, 0.15) is 36.5 Å². The van der Waals surface area contributed by atoms with Gasteiger partial charge < -0.3 is 10.2 Å². The summed E-state index contributed by atoms with van der Waals surface area (Å²) in [7, 11) is -3.64. The standard InChI is InChI=1S/C22H29N3O3S/c1-18(17-25-14-6-3-7-15-25)16-23-22(26)19-10-12-20(13-11-19)24-29(27,28)21-8-4-2-5-9-21/h2,4-5,8-13,18,24H,3,6-7,14-17H2,1H3,(H,23,26)/t18-/m1/s1. The van der Waals surface area contributed by atoms with E-state index < -0.39 is 10.0 Å². The van der Waals surface area contributed by atoms with Gasteiger partial charge in [0.25, 0.3) is 15.9 Å². The molecule has 1 atom stereocenters. The van der Waals surface area contributed by atoms with E-state index in [1.165, 1.54) is 31.4 Å². The van der Waals surface area contributed by atoms with E-state index in [4.69, 9.17) is 0 Å². The minimum Gasteiger partial charge on any atom is -0.352 e. The lowest BCUT2D eigenvalue weighted by molar-refractivity contribution is 0.0942. The van der Waals surface area contributed by atoms with E-state index >= 15 is 0 Å². The molecule has 1 aliphatic rings. The van der Waals surface area contributed by atoms with Crippen LogP contribution in [0.2, 0.25) is 0 Å². The van der Waals surface area contributed by atoms with E-state index in [-0.39, 0.29) is 10.8 Å². The van der Waals surface area contributed by atoms with Crippen LogP contribution in [0.25, 0.3) is 0 Å². The molecule has 1 amide bonds. The molecule has 0 aliphatic carbocycles. The van der Waals surface area contributed by atoms with Gasteiger partial charge in [-0.05, 0) is 68.2 Å². The molecule has 2 aromatic rings. The highest BCUT2D eigenvalue weighted by atomic mass is 32.2. The summed E-state index contributed by atoms with van der Waals surface area (Å²) in [6.07, 6.45) is 3.85. The van der Waals surface area contributed by atoms with Gasteiger partial charge in [-0.1, -0.05) is 31.5 Å².